The molecule has 0 aliphatic heterocycles. The lowest BCUT2D eigenvalue weighted by molar-refractivity contribution is -0.141. The maximum Gasteiger partial charge on any atom is 0.433 e. The molecule has 0 atom stereocenters. The number of amides is 1. The van der Waals surface area contributed by atoms with Gasteiger partial charge in [-0.2, -0.15) is 13.2 Å². The summed E-state index contributed by atoms with van der Waals surface area (Å²) < 4.78 is 42.2. The summed E-state index contributed by atoms with van der Waals surface area (Å²) in [6.07, 6.45) is -4.64. The molecule has 20 heavy (non-hydrogen) atoms. The summed E-state index contributed by atoms with van der Waals surface area (Å²) in [6, 6.07) is 0.675. The number of halogens is 4. The van der Waals surface area contributed by atoms with Crippen molar-refractivity contribution in [2.24, 2.45) is 0 Å². The molecule has 112 valence electrons. The fraction of sp³-hybridized carbons (Fsp3) is 0.500. The fourth-order valence-corrected chi connectivity index (χ4v) is 1.36. The molecule has 0 spiro atoms. The first-order valence-electron chi connectivity index (χ1n) is 5.44. The molecule has 0 bridgehead atoms. The summed E-state index contributed by atoms with van der Waals surface area (Å²) in [5.74, 6) is -0.593. The number of nitrogens with one attached hydrogen (secondary N) is 2. The van der Waals surface area contributed by atoms with Crippen molar-refractivity contribution in [3.63, 3.8) is 0 Å². The van der Waals surface area contributed by atoms with Crippen molar-refractivity contribution in [3.8, 4) is 0 Å². The van der Waals surface area contributed by atoms with Gasteiger partial charge in [0.2, 0.25) is 11.2 Å². The molecule has 1 amide bonds. The first-order chi connectivity index (χ1) is 9.32. The summed E-state index contributed by atoms with van der Waals surface area (Å²) in [6.45, 7) is 0.396. The Bertz CT molecular complexity index is 470. The Balaban J connectivity index is 2.60. The predicted molar refractivity (Wildman–Crippen MR) is 65.4 cm³/mol. The third-order valence-corrected chi connectivity index (χ3v) is 2.22. The highest BCUT2D eigenvalue weighted by molar-refractivity contribution is 6.28. The number of hydrogen-bond donors (Lipinski definition) is 2. The van der Waals surface area contributed by atoms with E-state index < -0.39 is 23.1 Å². The molecule has 0 saturated carbocycles. The largest absolute Gasteiger partial charge is 0.433 e. The number of alkyl halides is 3. The second-order valence-electron chi connectivity index (χ2n) is 3.60. The molecule has 1 rings (SSSR count). The Labute approximate surface area is 117 Å². The number of hydrogen-bond acceptors (Lipinski definition) is 5. The SMILES string of the molecule is COCCNC(=O)CNc1cc(C(F)(F)F)nc(Cl)n1. The molecule has 0 aromatic carbocycles. The Hall–Kier alpha value is -1.61. The van der Waals surface area contributed by atoms with E-state index in [1.807, 2.05) is 0 Å². The summed E-state index contributed by atoms with van der Waals surface area (Å²) in [5.41, 5.74) is -1.18. The monoisotopic (exact) mass is 312 g/mol. The molecular weight excluding hydrogens is 301 g/mol. The van der Waals surface area contributed by atoms with Crippen molar-refractivity contribution in [1.82, 2.24) is 15.3 Å². The van der Waals surface area contributed by atoms with Gasteiger partial charge in [-0.25, -0.2) is 9.97 Å². The van der Waals surface area contributed by atoms with Crippen LogP contribution in [-0.2, 0) is 15.7 Å². The Morgan fingerprint density at radius 1 is 1.45 bits per heavy atom. The molecule has 0 fully saturated rings. The van der Waals surface area contributed by atoms with Crippen molar-refractivity contribution >= 4 is 23.3 Å². The van der Waals surface area contributed by atoms with Crippen molar-refractivity contribution in [2.45, 2.75) is 6.18 Å². The molecule has 1 aromatic heterocycles. The zero-order valence-corrected chi connectivity index (χ0v) is 11.2. The van der Waals surface area contributed by atoms with Crippen molar-refractivity contribution in [3.05, 3.63) is 17.0 Å². The molecule has 0 saturated heterocycles. The number of carbonyl (C=O) groups is 1. The van der Waals surface area contributed by atoms with E-state index in [1.54, 1.807) is 0 Å². The molecule has 1 aromatic rings. The third kappa shape index (κ3) is 5.57. The van der Waals surface area contributed by atoms with Crippen LogP contribution in [0.3, 0.4) is 0 Å². The smallest absolute Gasteiger partial charge is 0.383 e. The molecule has 0 unspecified atom stereocenters. The van der Waals surface area contributed by atoms with Crippen LogP contribution in [0.4, 0.5) is 19.0 Å². The van der Waals surface area contributed by atoms with Crippen LogP contribution in [0, 0.1) is 0 Å². The maximum absolute atomic E-state index is 12.5. The van der Waals surface area contributed by atoms with E-state index in [4.69, 9.17) is 16.3 Å². The zero-order chi connectivity index (χ0) is 15.2. The minimum absolute atomic E-state index is 0.181. The first kappa shape index (κ1) is 16.4. The highest BCUT2D eigenvalue weighted by Crippen LogP contribution is 2.29. The number of rotatable bonds is 6. The van der Waals surface area contributed by atoms with Crippen LogP contribution >= 0.6 is 11.6 Å². The molecule has 0 aliphatic rings. The lowest BCUT2D eigenvalue weighted by Gasteiger charge is -2.10. The van der Waals surface area contributed by atoms with Gasteiger partial charge in [0.1, 0.15) is 5.82 Å². The number of ether oxygens (including phenoxy) is 1. The molecular formula is C10H12ClF3N4O2. The molecule has 2 N–H and O–H groups in total. The minimum Gasteiger partial charge on any atom is -0.383 e. The average Bonchev–Trinajstić information content (AvgIpc) is 2.35. The third-order valence-electron chi connectivity index (χ3n) is 2.05. The molecule has 10 heteroatoms. The summed E-state index contributed by atoms with van der Waals surface area (Å²) in [5, 5.41) is 4.37. The van der Waals surface area contributed by atoms with E-state index in [0.29, 0.717) is 19.2 Å². The van der Waals surface area contributed by atoms with E-state index in [2.05, 4.69) is 20.6 Å². The van der Waals surface area contributed by atoms with Gasteiger partial charge >= 0.3 is 6.18 Å². The average molecular weight is 313 g/mol. The van der Waals surface area contributed by atoms with Gasteiger partial charge in [-0.3, -0.25) is 4.79 Å². The van der Waals surface area contributed by atoms with Gasteiger partial charge < -0.3 is 15.4 Å². The topological polar surface area (TPSA) is 76.1 Å². The van der Waals surface area contributed by atoms with E-state index in [9.17, 15) is 18.0 Å². The predicted octanol–water partition coefficient (Wildman–Crippen LogP) is 1.32. The summed E-state index contributed by atoms with van der Waals surface area (Å²) in [4.78, 5) is 17.9. The number of methoxy groups -OCH3 is 1. The van der Waals surface area contributed by atoms with E-state index in [-0.39, 0.29) is 12.4 Å². The zero-order valence-electron chi connectivity index (χ0n) is 10.4. The van der Waals surface area contributed by atoms with Gasteiger partial charge in [0.25, 0.3) is 0 Å². The number of nitrogens with zero attached hydrogens (tertiary/aromatic N) is 2. The van der Waals surface area contributed by atoms with E-state index in [0.717, 1.165) is 0 Å². The Kier molecular flexibility index (Phi) is 5.96. The van der Waals surface area contributed by atoms with Gasteiger partial charge in [-0.1, -0.05) is 0 Å². The lowest BCUT2D eigenvalue weighted by atomic mass is 10.4. The van der Waals surface area contributed by atoms with Crippen molar-refractivity contribution in [1.29, 1.82) is 0 Å². The summed E-state index contributed by atoms with van der Waals surface area (Å²) >= 11 is 5.39. The quantitative estimate of drug-likeness (QED) is 0.612. The number of carbonyl (C=O) groups excluding carboxylic acids is 1. The molecule has 6 nitrogen and oxygen atoms in total. The van der Waals surface area contributed by atoms with Crippen LogP contribution in [0.2, 0.25) is 5.28 Å². The fourth-order valence-electron chi connectivity index (χ4n) is 1.18. The molecule has 0 aliphatic carbocycles. The lowest BCUT2D eigenvalue weighted by Crippen LogP contribution is -2.32. The van der Waals surface area contributed by atoms with Crippen LogP contribution in [0.15, 0.2) is 6.07 Å². The van der Waals surface area contributed by atoms with E-state index >= 15 is 0 Å². The van der Waals surface area contributed by atoms with Crippen LogP contribution in [0.1, 0.15) is 5.69 Å². The highest BCUT2D eigenvalue weighted by Gasteiger charge is 2.33. The van der Waals surface area contributed by atoms with Gasteiger partial charge in [0, 0.05) is 19.7 Å². The van der Waals surface area contributed by atoms with Gasteiger partial charge in [-0.15, -0.1) is 0 Å². The second kappa shape index (κ2) is 7.25. The Morgan fingerprint density at radius 3 is 2.75 bits per heavy atom. The summed E-state index contributed by atoms with van der Waals surface area (Å²) in [7, 11) is 1.48. The molecule has 0 radical (unpaired) electrons. The van der Waals surface area contributed by atoms with E-state index in [1.165, 1.54) is 7.11 Å². The first-order valence-corrected chi connectivity index (χ1v) is 5.82. The van der Waals surface area contributed by atoms with Crippen molar-refractivity contribution in [2.75, 3.05) is 32.1 Å². The maximum atomic E-state index is 12.5. The van der Waals surface area contributed by atoms with Crippen LogP contribution in [-0.4, -0.2) is 42.7 Å². The minimum atomic E-state index is -4.64. The molecule has 1 heterocycles. The van der Waals surface area contributed by atoms with Crippen LogP contribution in [0.5, 0.6) is 0 Å². The van der Waals surface area contributed by atoms with Gasteiger partial charge in [-0.05, 0) is 11.6 Å². The van der Waals surface area contributed by atoms with Gasteiger partial charge in [0.05, 0.1) is 13.2 Å². The number of anilines is 1. The normalized spacial score (nSPS) is 11.2. The van der Waals surface area contributed by atoms with Crippen LogP contribution < -0.4 is 10.6 Å². The van der Waals surface area contributed by atoms with Crippen molar-refractivity contribution < 1.29 is 22.7 Å². The number of aromatic nitrogens is 2. The van der Waals surface area contributed by atoms with Gasteiger partial charge in [0.15, 0.2) is 5.69 Å². The second-order valence-corrected chi connectivity index (χ2v) is 3.94. The standard InChI is InChI=1S/C10H12ClF3N4O2/c1-20-3-2-15-8(19)5-16-7-4-6(10(12,13)14)17-9(11)18-7/h4H,2-3,5H2,1H3,(H,15,19)(H,16,17,18). The highest BCUT2D eigenvalue weighted by atomic mass is 35.5. The van der Waals surface area contributed by atoms with Crippen LogP contribution in [0.25, 0.3) is 0 Å². The Morgan fingerprint density at radius 2 is 2.15 bits per heavy atom.